The van der Waals surface area contributed by atoms with Gasteiger partial charge in [-0.05, 0) is 43.3 Å². The predicted molar refractivity (Wildman–Crippen MR) is 55.7 cm³/mol. The van der Waals surface area contributed by atoms with E-state index in [4.69, 9.17) is 0 Å². The van der Waals surface area contributed by atoms with Gasteiger partial charge in [-0.2, -0.15) is 0 Å². The molecule has 2 rings (SSSR count). The fourth-order valence-electron chi connectivity index (χ4n) is 2.25. The van der Waals surface area contributed by atoms with Gasteiger partial charge in [0.15, 0.2) is 0 Å². The van der Waals surface area contributed by atoms with Crippen LogP contribution in [0, 0.1) is 17.3 Å². The molecule has 0 spiro atoms. The third-order valence-corrected chi connectivity index (χ3v) is 3.82. The molecule has 13 heavy (non-hydrogen) atoms. The Hall–Kier alpha value is -0.0800. The number of hydrogen-bond acceptors (Lipinski definition) is 2. The van der Waals surface area contributed by atoms with Gasteiger partial charge in [0, 0.05) is 6.04 Å². The van der Waals surface area contributed by atoms with Crippen molar-refractivity contribution in [3.8, 4) is 0 Å². The molecular weight excluding hydrogens is 160 g/mol. The van der Waals surface area contributed by atoms with Gasteiger partial charge in [-0.1, -0.05) is 20.8 Å². The van der Waals surface area contributed by atoms with Crippen molar-refractivity contribution in [3.63, 3.8) is 0 Å². The van der Waals surface area contributed by atoms with E-state index in [1.807, 2.05) is 0 Å². The Morgan fingerprint density at radius 1 is 1.38 bits per heavy atom. The smallest absolute Gasteiger partial charge is 0.0125 e. The zero-order valence-corrected chi connectivity index (χ0v) is 9.06. The molecule has 2 aliphatic rings. The molecule has 1 saturated carbocycles. The summed E-state index contributed by atoms with van der Waals surface area (Å²) in [5.74, 6) is 1.71. The molecule has 3 unspecified atom stereocenters. The molecule has 0 radical (unpaired) electrons. The lowest BCUT2D eigenvalue weighted by Crippen LogP contribution is -2.30. The Bertz CT molecular complexity index is 189. The first-order valence-corrected chi connectivity index (χ1v) is 5.54. The fourth-order valence-corrected chi connectivity index (χ4v) is 2.25. The molecule has 1 heterocycles. The average Bonchev–Trinajstić information content (AvgIpc) is 2.47. The summed E-state index contributed by atoms with van der Waals surface area (Å²) in [7, 11) is 0. The zero-order valence-electron chi connectivity index (χ0n) is 9.06. The molecule has 2 fully saturated rings. The molecule has 0 aromatic carbocycles. The van der Waals surface area contributed by atoms with Crippen LogP contribution in [0.2, 0.25) is 0 Å². The average molecular weight is 182 g/mol. The molecule has 2 heteroatoms. The van der Waals surface area contributed by atoms with Gasteiger partial charge in [0.2, 0.25) is 0 Å². The molecule has 1 aliphatic carbocycles. The normalized spacial score (nSPS) is 42.2. The summed E-state index contributed by atoms with van der Waals surface area (Å²) >= 11 is 0. The van der Waals surface area contributed by atoms with Crippen LogP contribution in [0.15, 0.2) is 0 Å². The Morgan fingerprint density at radius 3 is 2.54 bits per heavy atom. The molecule has 0 amide bonds. The van der Waals surface area contributed by atoms with Crippen LogP contribution in [0.5, 0.6) is 0 Å². The minimum absolute atomic E-state index is 0.579. The van der Waals surface area contributed by atoms with Crippen LogP contribution in [0.3, 0.4) is 0 Å². The highest BCUT2D eigenvalue weighted by molar-refractivity contribution is 5.01. The van der Waals surface area contributed by atoms with Crippen molar-refractivity contribution < 1.29 is 0 Å². The van der Waals surface area contributed by atoms with Crippen molar-refractivity contribution in [1.82, 2.24) is 10.6 Å². The lowest BCUT2D eigenvalue weighted by atomic mass is 9.98. The lowest BCUT2D eigenvalue weighted by molar-refractivity contribution is 0.404. The Kier molecular flexibility index (Phi) is 2.37. The first kappa shape index (κ1) is 9.47. The predicted octanol–water partition coefficient (Wildman–Crippen LogP) is 1.23. The second-order valence-electron chi connectivity index (χ2n) is 5.55. The first-order valence-electron chi connectivity index (χ1n) is 5.54. The second kappa shape index (κ2) is 3.25. The van der Waals surface area contributed by atoms with Crippen molar-refractivity contribution in [2.75, 3.05) is 19.6 Å². The SMILES string of the molecule is CC1CNCC1CNC1CC1(C)C. The Labute approximate surface area is 81.5 Å². The molecule has 76 valence electrons. The van der Waals surface area contributed by atoms with E-state index in [-0.39, 0.29) is 0 Å². The van der Waals surface area contributed by atoms with E-state index in [0.29, 0.717) is 5.41 Å². The number of nitrogens with one attached hydrogen (secondary N) is 2. The number of rotatable bonds is 3. The van der Waals surface area contributed by atoms with Crippen LogP contribution in [-0.2, 0) is 0 Å². The standard InChI is InChI=1S/C11H22N2/c1-8-5-12-6-9(8)7-13-10-4-11(10,2)3/h8-10,12-13H,4-7H2,1-3H3. The van der Waals surface area contributed by atoms with Crippen LogP contribution >= 0.6 is 0 Å². The van der Waals surface area contributed by atoms with Gasteiger partial charge in [0.1, 0.15) is 0 Å². The van der Waals surface area contributed by atoms with E-state index in [1.165, 1.54) is 26.1 Å². The van der Waals surface area contributed by atoms with E-state index in [2.05, 4.69) is 31.4 Å². The van der Waals surface area contributed by atoms with E-state index >= 15 is 0 Å². The molecule has 0 bridgehead atoms. The van der Waals surface area contributed by atoms with Gasteiger partial charge in [-0.3, -0.25) is 0 Å². The number of hydrogen-bond donors (Lipinski definition) is 2. The van der Waals surface area contributed by atoms with Gasteiger partial charge in [-0.15, -0.1) is 0 Å². The monoisotopic (exact) mass is 182 g/mol. The van der Waals surface area contributed by atoms with Crippen molar-refractivity contribution in [3.05, 3.63) is 0 Å². The zero-order chi connectivity index (χ0) is 9.47. The van der Waals surface area contributed by atoms with E-state index < -0.39 is 0 Å². The maximum Gasteiger partial charge on any atom is 0.0125 e. The van der Waals surface area contributed by atoms with Gasteiger partial charge < -0.3 is 10.6 Å². The maximum atomic E-state index is 3.68. The molecule has 0 aromatic rings. The van der Waals surface area contributed by atoms with Crippen LogP contribution in [0.4, 0.5) is 0 Å². The van der Waals surface area contributed by atoms with E-state index in [9.17, 15) is 0 Å². The van der Waals surface area contributed by atoms with Crippen molar-refractivity contribution in [2.24, 2.45) is 17.3 Å². The largest absolute Gasteiger partial charge is 0.316 e. The quantitative estimate of drug-likeness (QED) is 0.686. The van der Waals surface area contributed by atoms with Crippen molar-refractivity contribution in [2.45, 2.75) is 33.2 Å². The van der Waals surface area contributed by atoms with Crippen LogP contribution in [0.25, 0.3) is 0 Å². The first-order chi connectivity index (χ1) is 6.09. The molecule has 1 aliphatic heterocycles. The highest BCUT2D eigenvalue weighted by Gasteiger charge is 2.45. The van der Waals surface area contributed by atoms with E-state index in [1.54, 1.807) is 0 Å². The van der Waals surface area contributed by atoms with Gasteiger partial charge in [-0.25, -0.2) is 0 Å². The maximum absolute atomic E-state index is 3.68. The highest BCUT2D eigenvalue weighted by atomic mass is 15.0. The molecule has 1 saturated heterocycles. The van der Waals surface area contributed by atoms with Crippen LogP contribution in [0.1, 0.15) is 27.2 Å². The summed E-state index contributed by atoms with van der Waals surface area (Å²) in [5.41, 5.74) is 0.579. The molecule has 3 atom stereocenters. The minimum atomic E-state index is 0.579. The highest BCUT2D eigenvalue weighted by Crippen LogP contribution is 2.44. The summed E-state index contributed by atoms with van der Waals surface area (Å²) in [5, 5.41) is 7.13. The summed E-state index contributed by atoms with van der Waals surface area (Å²) in [6, 6.07) is 0.792. The third kappa shape index (κ3) is 2.05. The second-order valence-corrected chi connectivity index (χ2v) is 5.55. The lowest BCUT2D eigenvalue weighted by Gasteiger charge is -2.15. The van der Waals surface area contributed by atoms with Gasteiger partial charge in [0.05, 0.1) is 0 Å². The molecule has 2 nitrogen and oxygen atoms in total. The van der Waals surface area contributed by atoms with E-state index in [0.717, 1.165) is 17.9 Å². The summed E-state index contributed by atoms with van der Waals surface area (Å²) in [6.07, 6.45) is 1.36. The van der Waals surface area contributed by atoms with Crippen LogP contribution in [-0.4, -0.2) is 25.7 Å². The third-order valence-electron chi connectivity index (χ3n) is 3.82. The van der Waals surface area contributed by atoms with Gasteiger partial charge in [0.25, 0.3) is 0 Å². The molecular formula is C11H22N2. The summed E-state index contributed by atoms with van der Waals surface area (Å²) in [6.45, 7) is 10.7. The summed E-state index contributed by atoms with van der Waals surface area (Å²) in [4.78, 5) is 0. The van der Waals surface area contributed by atoms with Crippen LogP contribution < -0.4 is 10.6 Å². The molecule has 2 N–H and O–H groups in total. The minimum Gasteiger partial charge on any atom is -0.316 e. The van der Waals surface area contributed by atoms with Gasteiger partial charge >= 0.3 is 0 Å². The fraction of sp³-hybridized carbons (Fsp3) is 1.00. The summed E-state index contributed by atoms with van der Waals surface area (Å²) < 4.78 is 0. The Morgan fingerprint density at radius 2 is 2.08 bits per heavy atom. The Balaban J connectivity index is 1.68. The van der Waals surface area contributed by atoms with Crippen molar-refractivity contribution >= 4 is 0 Å². The topological polar surface area (TPSA) is 24.1 Å². The van der Waals surface area contributed by atoms with Crippen molar-refractivity contribution in [1.29, 1.82) is 0 Å². The molecule has 0 aromatic heterocycles.